The summed E-state index contributed by atoms with van der Waals surface area (Å²) in [5.74, 6) is 0. The van der Waals surface area contributed by atoms with E-state index >= 15 is 0 Å². The number of hydrogen-bond donors (Lipinski definition) is 0. The Hall–Kier alpha value is -0.163. The monoisotopic (exact) mass is 302 g/mol. The molecule has 20 heavy (non-hydrogen) atoms. The Morgan fingerprint density at radius 3 is 1.70 bits per heavy atom. The van der Waals surface area contributed by atoms with Crippen molar-refractivity contribution in [2.45, 2.75) is 72.3 Å². The molecule has 0 aromatic rings. The van der Waals surface area contributed by atoms with Crippen LogP contribution in [0.4, 0.5) is 0 Å². The van der Waals surface area contributed by atoms with Gasteiger partial charge in [0.15, 0.2) is 0 Å². The fourth-order valence-electron chi connectivity index (χ4n) is 2.30. The lowest BCUT2D eigenvalue weighted by Crippen LogP contribution is -2.45. The summed E-state index contributed by atoms with van der Waals surface area (Å²) < 4.78 is 17.6. The first kappa shape index (κ1) is 19.8. The highest BCUT2D eigenvalue weighted by atomic mass is 28.4. The molecule has 0 aromatic carbocycles. The van der Waals surface area contributed by atoms with E-state index in [9.17, 15) is 0 Å². The molecule has 0 aliphatic heterocycles. The molecule has 0 unspecified atom stereocenters. The Morgan fingerprint density at radius 1 is 0.800 bits per heavy atom. The van der Waals surface area contributed by atoms with Gasteiger partial charge in [-0.1, -0.05) is 24.8 Å². The van der Waals surface area contributed by atoms with E-state index < -0.39 is 8.80 Å². The molecule has 0 saturated heterocycles. The molecule has 4 heteroatoms. The van der Waals surface area contributed by atoms with Crippen LogP contribution < -0.4 is 0 Å². The maximum Gasteiger partial charge on any atom is 0.500 e. The van der Waals surface area contributed by atoms with E-state index in [1.807, 2.05) is 20.8 Å². The lowest BCUT2D eigenvalue weighted by molar-refractivity contribution is 0.0706. The van der Waals surface area contributed by atoms with Crippen LogP contribution in [0, 0.1) is 0 Å². The van der Waals surface area contributed by atoms with Crippen molar-refractivity contribution in [1.82, 2.24) is 0 Å². The molecule has 0 fully saturated rings. The van der Waals surface area contributed by atoms with Crippen LogP contribution in [0.3, 0.4) is 0 Å². The van der Waals surface area contributed by atoms with Gasteiger partial charge in [-0.2, -0.15) is 0 Å². The second kappa shape index (κ2) is 12.6. The number of rotatable bonds is 14. The summed E-state index contributed by atoms with van der Waals surface area (Å²) in [6.45, 7) is 14.1. The summed E-state index contributed by atoms with van der Waals surface area (Å²) in [4.78, 5) is 0. The van der Waals surface area contributed by atoms with Crippen LogP contribution >= 0.6 is 0 Å². The molecule has 0 spiro atoms. The lowest BCUT2D eigenvalue weighted by atomic mass is 10.1. The third-order valence-electron chi connectivity index (χ3n) is 3.18. The van der Waals surface area contributed by atoms with Crippen LogP contribution in [0.25, 0.3) is 0 Å². The molecule has 0 heterocycles. The van der Waals surface area contributed by atoms with E-state index in [0.717, 1.165) is 18.9 Å². The minimum Gasteiger partial charge on any atom is -0.374 e. The second-order valence-corrected chi connectivity index (χ2v) is 7.94. The summed E-state index contributed by atoms with van der Waals surface area (Å²) in [5.41, 5.74) is 1.29. The molecule has 0 rings (SSSR count). The van der Waals surface area contributed by atoms with Gasteiger partial charge in [-0.05, 0) is 47.0 Å². The van der Waals surface area contributed by atoms with Crippen LogP contribution in [-0.4, -0.2) is 28.6 Å². The van der Waals surface area contributed by atoms with Crippen LogP contribution in [0.5, 0.6) is 0 Å². The number of hydrogen-bond acceptors (Lipinski definition) is 3. The van der Waals surface area contributed by atoms with Crippen LogP contribution in [-0.2, 0) is 13.3 Å². The highest BCUT2D eigenvalue weighted by Gasteiger charge is 2.39. The summed E-state index contributed by atoms with van der Waals surface area (Å²) in [6, 6.07) is 0.947. The predicted octanol–water partition coefficient (Wildman–Crippen LogP) is 4.95. The first-order valence-corrected chi connectivity index (χ1v) is 10.1. The average Bonchev–Trinajstić information content (AvgIpc) is 2.38. The topological polar surface area (TPSA) is 27.7 Å². The van der Waals surface area contributed by atoms with Gasteiger partial charge in [-0.15, -0.1) is 6.58 Å². The Balaban J connectivity index is 3.91. The zero-order valence-corrected chi connectivity index (χ0v) is 15.0. The molecule has 0 N–H and O–H groups in total. The molecule has 0 aliphatic rings. The van der Waals surface area contributed by atoms with Gasteiger partial charge in [-0.3, -0.25) is 0 Å². The molecule has 0 amide bonds. The van der Waals surface area contributed by atoms with E-state index in [-0.39, 0.29) is 0 Å². The third kappa shape index (κ3) is 9.70. The van der Waals surface area contributed by atoms with E-state index in [1.54, 1.807) is 0 Å². The van der Waals surface area contributed by atoms with Crippen molar-refractivity contribution < 1.29 is 13.3 Å². The summed E-state index contributed by atoms with van der Waals surface area (Å²) in [6.07, 6.45) is 7.37. The van der Waals surface area contributed by atoms with Gasteiger partial charge < -0.3 is 13.3 Å². The highest BCUT2D eigenvalue weighted by Crippen LogP contribution is 2.20. The predicted molar refractivity (Wildman–Crippen MR) is 88.0 cm³/mol. The van der Waals surface area contributed by atoms with E-state index in [2.05, 4.69) is 13.5 Å². The summed E-state index contributed by atoms with van der Waals surface area (Å²) in [5, 5.41) is 0. The fourth-order valence-corrected chi connectivity index (χ4v) is 4.99. The van der Waals surface area contributed by atoms with Crippen LogP contribution in [0.15, 0.2) is 12.2 Å². The summed E-state index contributed by atoms with van der Waals surface area (Å²) >= 11 is 0. The van der Waals surface area contributed by atoms with Crippen molar-refractivity contribution in [3.63, 3.8) is 0 Å². The van der Waals surface area contributed by atoms with E-state index in [1.165, 1.54) is 31.3 Å². The summed E-state index contributed by atoms with van der Waals surface area (Å²) in [7, 11) is -2.40. The van der Waals surface area contributed by atoms with Gasteiger partial charge in [0.1, 0.15) is 0 Å². The van der Waals surface area contributed by atoms with Crippen molar-refractivity contribution >= 4 is 8.80 Å². The van der Waals surface area contributed by atoms with Crippen molar-refractivity contribution in [3.05, 3.63) is 12.2 Å². The van der Waals surface area contributed by atoms with E-state index in [0.29, 0.717) is 19.8 Å². The molecule has 120 valence electrons. The molecule has 0 radical (unpaired) electrons. The Labute approximate surface area is 127 Å². The third-order valence-corrected chi connectivity index (χ3v) is 6.33. The zero-order chi connectivity index (χ0) is 15.3. The first-order chi connectivity index (χ1) is 9.60. The standard InChI is InChI=1S/C16H34O3Si/c1-6-17-20(18-7-2,19-8-3)15-13-11-9-10-12-14-16(4)5/h4,6-15H2,1-3,5H3. The van der Waals surface area contributed by atoms with Crippen molar-refractivity contribution in [3.8, 4) is 0 Å². The van der Waals surface area contributed by atoms with Gasteiger partial charge in [-0.25, -0.2) is 0 Å². The van der Waals surface area contributed by atoms with Crippen molar-refractivity contribution in [2.24, 2.45) is 0 Å². The maximum atomic E-state index is 5.85. The van der Waals surface area contributed by atoms with E-state index in [4.69, 9.17) is 13.3 Å². The SMILES string of the molecule is C=C(C)CCCCCCC[Si](OCC)(OCC)OCC. The molecule has 0 aromatic heterocycles. The van der Waals surface area contributed by atoms with Crippen molar-refractivity contribution in [1.29, 1.82) is 0 Å². The van der Waals surface area contributed by atoms with Crippen LogP contribution in [0.1, 0.15) is 66.2 Å². The Bertz CT molecular complexity index is 227. The number of allylic oxidation sites excluding steroid dienone is 1. The Morgan fingerprint density at radius 2 is 1.25 bits per heavy atom. The molecular formula is C16H34O3Si. The van der Waals surface area contributed by atoms with Gasteiger partial charge in [0.2, 0.25) is 0 Å². The molecule has 3 nitrogen and oxygen atoms in total. The van der Waals surface area contributed by atoms with Gasteiger partial charge >= 0.3 is 8.80 Å². The molecular weight excluding hydrogens is 268 g/mol. The number of unbranched alkanes of at least 4 members (excludes halogenated alkanes) is 4. The zero-order valence-electron chi connectivity index (χ0n) is 14.0. The largest absolute Gasteiger partial charge is 0.500 e. The quantitative estimate of drug-likeness (QED) is 0.258. The first-order valence-electron chi connectivity index (χ1n) is 8.16. The fraction of sp³-hybridized carbons (Fsp3) is 0.875. The van der Waals surface area contributed by atoms with Crippen LogP contribution in [0.2, 0.25) is 6.04 Å². The minimum absolute atomic E-state index is 0.671. The van der Waals surface area contributed by atoms with Gasteiger partial charge in [0, 0.05) is 25.9 Å². The molecule has 0 aliphatic carbocycles. The van der Waals surface area contributed by atoms with Crippen molar-refractivity contribution in [2.75, 3.05) is 19.8 Å². The lowest BCUT2D eigenvalue weighted by Gasteiger charge is -2.28. The maximum absolute atomic E-state index is 5.85. The minimum atomic E-state index is -2.40. The normalized spacial score (nSPS) is 11.8. The molecule has 0 saturated carbocycles. The van der Waals surface area contributed by atoms with Gasteiger partial charge in [0.05, 0.1) is 0 Å². The van der Waals surface area contributed by atoms with Gasteiger partial charge in [0.25, 0.3) is 0 Å². The molecule has 0 bridgehead atoms. The average molecular weight is 303 g/mol. The highest BCUT2D eigenvalue weighted by molar-refractivity contribution is 6.60. The smallest absolute Gasteiger partial charge is 0.374 e. The molecule has 0 atom stereocenters. The second-order valence-electron chi connectivity index (χ2n) is 5.21. The Kier molecular flexibility index (Phi) is 12.5.